The van der Waals surface area contributed by atoms with Crippen molar-refractivity contribution >= 4 is 30.7 Å². The zero-order valence-electron chi connectivity index (χ0n) is 14.7. The molecule has 138 valence electrons. The van der Waals surface area contributed by atoms with Gasteiger partial charge in [-0.1, -0.05) is 30.3 Å². The van der Waals surface area contributed by atoms with Crippen LogP contribution in [-0.4, -0.2) is 56.0 Å². The van der Waals surface area contributed by atoms with Crippen molar-refractivity contribution in [1.29, 1.82) is 0 Å². The second-order valence-corrected chi connectivity index (χ2v) is 6.36. The minimum absolute atomic E-state index is 0. The highest BCUT2D eigenvalue weighted by Gasteiger charge is 2.24. The Bertz CT molecular complexity index is 459. The van der Waals surface area contributed by atoms with Crippen molar-refractivity contribution < 1.29 is 4.79 Å². The first kappa shape index (κ1) is 23.2. The third kappa shape index (κ3) is 7.84. The van der Waals surface area contributed by atoms with Crippen molar-refractivity contribution in [3.05, 3.63) is 35.9 Å². The van der Waals surface area contributed by atoms with E-state index in [-0.39, 0.29) is 30.7 Å². The van der Waals surface area contributed by atoms with Crippen molar-refractivity contribution in [2.45, 2.75) is 25.8 Å². The van der Waals surface area contributed by atoms with Crippen LogP contribution in [0.4, 0.5) is 0 Å². The molecule has 1 saturated heterocycles. The summed E-state index contributed by atoms with van der Waals surface area (Å²) in [7, 11) is 3.87. The van der Waals surface area contributed by atoms with Crippen LogP contribution in [0.1, 0.15) is 24.8 Å². The molecule has 1 unspecified atom stereocenters. The molecular formula is C18H31Cl2N3O. The largest absolute Gasteiger partial charge is 0.345 e. The second kappa shape index (κ2) is 12.5. The number of rotatable bonds is 8. The van der Waals surface area contributed by atoms with Crippen LogP contribution in [0.5, 0.6) is 0 Å². The number of nitrogens with one attached hydrogen (secondary N) is 1. The molecule has 1 aliphatic heterocycles. The predicted octanol–water partition coefficient (Wildman–Crippen LogP) is 2.81. The number of carbonyl (C=O) groups excluding carboxylic acids is 1. The predicted molar refractivity (Wildman–Crippen MR) is 105 cm³/mol. The summed E-state index contributed by atoms with van der Waals surface area (Å²) in [5, 5.41) is 3.09. The molecule has 0 saturated carbocycles. The van der Waals surface area contributed by atoms with Crippen LogP contribution in [0.2, 0.25) is 0 Å². The van der Waals surface area contributed by atoms with E-state index < -0.39 is 0 Å². The summed E-state index contributed by atoms with van der Waals surface area (Å²) in [4.78, 5) is 16.5. The van der Waals surface area contributed by atoms with Crippen molar-refractivity contribution in [3.63, 3.8) is 0 Å². The van der Waals surface area contributed by atoms with Gasteiger partial charge in [-0.05, 0) is 44.5 Å². The molecule has 1 aromatic carbocycles. The van der Waals surface area contributed by atoms with Crippen LogP contribution >= 0.6 is 24.8 Å². The zero-order valence-corrected chi connectivity index (χ0v) is 16.4. The fourth-order valence-electron chi connectivity index (χ4n) is 3.14. The van der Waals surface area contributed by atoms with Gasteiger partial charge in [0.25, 0.3) is 0 Å². The van der Waals surface area contributed by atoms with Crippen LogP contribution in [-0.2, 0) is 11.3 Å². The third-order valence-corrected chi connectivity index (χ3v) is 4.39. The van der Waals surface area contributed by atoms with E-state index in [1.165, 1.54) is 12.0 Å². The van der Waals surface area contributed by atoms with E-state index in [2.05, 4.69) is 40.5 Å². The van der Waals surface area contributed by atoms with Gasteiger partial charge in [0.05, 0.1) is 0 Å². The lowest BCUT2D eigenvalue weighted by molar-refractivity contribution is -0.130. The standard InChI is InChI=1S/C18H29N3O.2ClH/c1-19-11-6-9-18(22)20(2)13-17-10-12-21(15-17)14-16-7-4-3-5-8-16;;/h3-5,7-8,17,19H,6,9-15H2,1-2H3;2*1H. The minimum Gasteiger partial charge on any atom is -0.345 e. The van der Waals surface area contributed by atoms with Gasteiger partial charge in [-0.2, -0.15) is 0 Å². The fourth-order valence-corrected chi connectivity index (χ4v) is 3.14. The summed E-state index contributed by atoms with van der Waals surface area (Å²) in [6.45, 7) is 5.07. The monoisotopic (exact) mass is 375 g/mol. The number of hydrogen-bond acceptors (Lipinski definition) is 3. The van der Waals surface area contributed by atoms with E-state index in [9.17, 15) is 4.79 Å². The van der Waals surface area contributed by atoms with E-state index >= 15 is 0 Å². The Morgan fingerprint density at radius 1 is 1.29 bits per heavy atom. The van der Waals surface area contributed by atoms with Gasteiger partial charge in [-0.3, -0.25) is 9.69 Å². The molecule has 1 N–H and O–H groups in total. The summed E-state index contributed by atoms with van der Waals surface area (Å²) in [6.07, 6.45) is 2.77. The van der Waals surface area contributed by atoms with Gasteiger partial charge in [0.2, 0.25) is 5.91 Å². The molecule has 0 aliphatic carbocycles. The highest BCUT2D eigenvalue weighted by Crippen LogP contribution is 2.19. The average Bonchev–Trinajstić information content (AvgIpc) is 2.95. The highest BCUT2D eigenvalue weighted by molar-refractivity contribution is 5.85. The molecule has 0 spiro atoms. The molecule has 2 rings (SSSR count). The quantitative estimate of drug-likeness (QED) is 0.709. The number of carbonyl (C=O) groups is 1. The summed E-state index contributed by atoms with van der Waals surface area (Å²) < 4.78 is 0. The second-order valence-electron chi connectivity index (χ2n) is 6.36. The zero-order chi connectivity index (χ0) is 15.8. The maximum absolute atomic E-state index is 12.1. The first-order valence-electron chi connectivity index (χ1n) is 8.34. The lowest BCUT2D eigenvalue weighted by Crippen LogP contribution is -2.33. The van der Waals surface area contributed by atoms with Crippen LogP contribution in [0, 0.1) is 5.92 Å². The summed E-state index contributed by atoms with van der Waals surface area (Å²) >= 11 is 0. The number of likely N-dealkylation sites (tertiary alicyclic amines) is 1. The summed E-state index contributed by atoms with van der Waals surface area (Å²) in [5.74, 6) is 0.888. The third-order valence-electron chi connectivity index (χ3n) is 4.39. The van der Waals surface area contributed by atoms with E-state index in [0.29, 0.717) is 12.3 Å². The molecule has 0 radical (unpaired) electrons. The molecule has 1 aromatic rings. The molecule has 0 bridgehead atoms. The van der Waals surface area contributed by atoms with Crippen LogP contribution in [0.25, 0.3) is 0 Å². The smallest absolute Gasteiger partial charge is 0.222 e. The van der Waals surface area contributed by atoms with Crippen molar-refractivity contribution in [1.82, 2.24) is 15.1 Å². The molecule has 1 atom stereocenters. The topological polar surface area (TPSA) is 35.6 Å². The Labute approximate surface area is 158 Å². The van der Waals surface area contributed by atoms with E-state index in [1.807, 2.05) is 19.0 Å². The van der Waals surface area contributed by atoms with Gasteiger partial charge >= 0.3 is 0 Å². The number of hydrogen-bond donors (Lipinski definition) is 1. The normalized spacial score (nSPS) is 17.0. The molecule has 1 aliphatic rings. The van der Waals surface area contributed by atoms with Crippen molar-refractivity contribution in [3.8, 4) is 0 Å². The molecule has 24 heavy (non-hydrogen) atoms. The van der Waals surface area contributed by atoms with Crippen LogP contribution < -0.4 is 5.32 Å². The van der Waals surface area contributed by atoms with Crippen LogP contribution in [0.15, 0.2) is 30.3 Å². The highest BCUT2D eigenvalue weighted by atomic mass is 35.5. The Kier molecular flexibility index (Phi) is 12.1. The Balaban J connectivity index is 0.00000264. The number of nitrogens with zero attached hydrogens (tertiary/aromatic N) is 2. The molecule has 4 nitrogen and oxygen atoms in total. The van der Waals surface area contributed by atoms with Gasteiger partial charge in [0.1, 0.15) is 0 Å². The lowest BCUT2D eigenvalue weighted by Gasteiger charge is -2.22. The van der Waals surface area contributed by atoms with Gasteiger partial charge in [0, 0.05) is 33.1 Å². The lowest BCUT2D eigenvalue weighted by atomic mass is 10.1. The Morgan fingerprint density at radius 3 is 2.67 bits per heavy atom. The minimum atomic E-state index is 0. The Morgan fingerprint density at radius 2 is 2.00 bits per heavy atom. The van der Waals surface area contributed by atoms with Crippen molar-refractivity contribution in [2.75, 3.05) is 40.3 Å². The van der Waals surface area contributed by atoms with Gasteiger partial charge in [-0.15, -0.1) is 24.8 Å². The van der Waals surface area contributed by atoms with Gasteiger partial charge in [0.15, 0.2) is 0 Å². The fraction of sp³-hybridized carbons (Fsp3) is 0.611. The molecular weight excluding hydrogens is 345 g/mol. The van der Waals surface area contributed by atoms with Gasteiger partial charge in [-0.25, -0.2) is 0 Å². The van der Waals surface area contributed by atoms with Gasteiger partial charge < -0.3 is 10.2 Å². The SMILES string of the molecule is CNCCCC(=O)N(C)CC1CCN(Cc2ccccc2)C1.Cl.Cl. The number of benzene rings is 1. The van der Waals surface area contributed by atoms with Crippen molar-refractivity contribution in [2.24, 2.45) is 5.92 Å². The Hall–Kier alpha value is -0.810. The maximum atomic E-state index is 12.1. The van der Waals surface area contributed by atoms with E-state index in [1.54, 1.807) is 0 Å². The number of amides is 1. The molecule has 1 amide bonds. The molecule has 1 heterocycles. The van der Waals surface area contributed by atoms with Crippen LogP contribution in [0.3, 0.4) is 0 Å². The van der Waals surface area contributed by atoms with E-state index in [0.717, 1.165) is 39.1 Å². The first-order chi connectivity index (χ1) is 10.7. The summed E-state index contributed by atoms with van der Waals surface area (Å²) in [6, 6.07) is 10.6. The first-order valence-corrected chi connectivity index (χ1v) is 8.34. The molecule has 1 fully saturated rings. The molecule has 0 aromatic heterocycles. The maximum Gasteiger partial charge on any atom is 0.222 e. The molecule has 6 heteroatoms. The average molecular weight is 376 g/mol. The van der Waals surface area contributed by atoms with E-state index in [4.69, 9.17) is 0 Å². The summed E-state index contributed by atoms with van der Waals surface area (Å²) in [5.41, 5.74) is 1.37. The number of halogens is 2.